The van der Waals surface area contributed by atoms with E-state index in [0.29, 0.717) is 6.04 Å². The molecular formula is C19H23F3N2O3. The Balaban J connectivity index is 1.49. The summed E-state index contributed by atoms with van der Waals surface area (Å²) in [6.45, 7) is 2.41. The van der Waals surface area contributed by atoms with Gasteiger partial charge in [0.05, 0.1) is 12.2 Å². The van der Waals surface area contributed by atoms with Crippen LogP contribution in [0.2, 0.25) is 0 Å². The van der Waals surface area contributed by atoms with Gasteiger partial charge in [0.1, 0.15) is 0 Å². The van der Waals surface area contributed by atoms with E-state index in [1.165, 1.54) is 12.8 Å². The standard InChI is InChI=1S/C19H23F3N2O3/c20-19(21,22)15-8-6-13(7-9-15)17(25)23-18(26)27-12-14-4-3-11-24-10-2-1-5-16(14)24/h6-9,14,16H,1-5,10-12H2,(H,23,25,26)/t14-,16+/m1/s1. The highest BCUT2D eigenvalue weighted by atomic mass is 19.4. The molecule has 3 rings (SSSR count). The fraction of sp³-hybridized carbons (Fsp3) is 0.579. The number of hydrogen-bond acceptors (Lipinski definition) is 4. The fourth-order valence-corrected chi connectivity index (χ4v) is 3.97. The zero-order valence-corrected chi connectivity index (χ0v) is 14.9. The van der Waals surface area contributed by atoms with Gasteiger partial charge in [0.15, 0.2) is 0 Å². The summed E-state index contributed by atoms with van der Waals surface area (Å²) in [4.78, 5) is 26.4. The van der Waals surface area contributed by atoms with E-state index in [2.05, 4.69) is 10.2 Å². The van der Waals surface area contributed by atoms with Crippen LogP contribution in [0.15, 0.2) is 24.3 Å². The van der Waals surface area contributed by atoms with Crippen molar-refractivity contribution in [3.05, 3.63) is 35.4 Å². The number of imide groups is 1. The van der Waals surface area contributed by atoms with Gasteiger partial charge >= 0.3 is 12.3 Å². The Labute approximate surface area is 155 Å². The van der Waals surface area contributed by atoms with Crippen molar-refractivity contribution in [2.24, 2.45) is 5.92 Å². The third kappa shape index (κ3) is 5.00. The summed E-state index contributed by atoms with van der Waals surface area (Å²) in [7, 11) is 0. The number of hydrogen-bond donors (Lipinski definition) is 1. The van der Waals surface area contributed by atoms with Gasteiger partial charge in [0.2, 0.25) is 0 Å². The van der Waals surface area contributed by atoms with Crippen LogP contribution in [0.25, 0.3) is 0 Å². The molecule has 2 saturated heterocycles. The summed E-state index contributed by atoms with van der Waals surface area (Å²) in [5.74, 6) is -0.525. The second-order valence-electron chi connectivity index (χ2n) is 7.13. The Morgan fingerprint density at radius 2 is 1.78 bits per heavy atom. The first-order valence-electron chi connectivity index (χ1n) is 9.24. The molecule has 1 aromatic rings. The van der Waals surface area contributed by atoms with Crippen LogP contribution in [0.3, 0.4) is 0 Å². The maximum Gasteiger partial charge on any atom is 0.416 e. The van der Waals surface area contributed by atoms with Crippen molar-refractivity contribution in [1.82, 2.24) is 10.2 Å². The van der Waals surface area contributed by atoms with E-state index in [9.17, 15) is 22.8 Å². The number of ether oxygens (including phenoxy) is 1. The number of benzene rings is 1. The van der Waals surface area contributed by atoms with E-state index >= 15 is 0 Å². The highest BCUT2D eigenvalue weighted by Crippen LogP contribution is 2.31. The first-order valence-corrected chi connectivity index (χ1v) is 9.24. The van der Waals surface area contributed by atoms with Crippen molar-refractivity contribution in [3.63, 3.8) is 0 Å². The summed E-state index contributed by atoms with van der Waals surface area (Å²) in [6.07, 6.45) is 0.189. The molecule has 5 nitrogen and oxygen atoms in total. The van der Waals surface area contributed by atoms with Crippen LogP contribution in [0.4, 0.5) is 18.0 Å². The molecule has 2 heterocycles. The summed E-state index contributed by atoms with van der Waals surface area (Å²) in [5.41, 5.74) is -0.882. The quantitative estimate of drug-likeness (QED) is 0.860. The molecule has 1 aromatic carbocycles. The minimum absolute atomic E-state index is 0.0314. The van der Waals surface area contributed by atoms with Crippen LogP contribution in [0, 0.1) is 5.92 Å². The Bertz CT molecular complexity index is 674. The minimum Gasteiger partial charge on any atom is -0.449 e. The summed E-state index contributed by atoms with van der Waals surface area (Å²) >= 11 is 0. The molecule has 2 aliphatic heterocycles. The smallest absolute Gasteiger partial charge is 0.416 e. The molecule has 0 aromatic heterocycles. The average molecular weight is 384 g/mol. The third-order valence-corrected chi connectivity index (χ3v) is 5.35. The number of carbonyl (C=O) groups excluding carboxylic acids is 2. The van der Waals surface area contributed by atoms with Crippen LogP contribution >= 0.6 is 0 Å². The minimum atomic E-state index is -4.47. The van der Waals surface area contributed by atoms with Gasteiger partial charge < -0.3 is 4.74 Å². The van der Waals surface area contributed by atoms with Crippen LogP contribution in [0.1, 0.15) is 48.0 Å². The summed E-state index contributed by atoms with van der Waals surface area (Å²) in [6, 6.07) is 4.10. The third-order valence-electron chi connectivity index (χ3n) is 5.35. The molecular weight excluding hydrogens is 361 g/mol. The topological polar surface area (TPSA) is 58.6 Å². The molecule has 0 unspecified atom stereocenters. The van der Waals surface area contributed by atoms with Crippen molar-refractivity contribution >= 4 is 12.0 Å². The maximum absolute atomic E-state index is 12.5. The maximum atomic E-state index is 12.5. The van der Waals surface area contributed by atoms with E-state index in [0.717, 1.165) is 56.6 Å². The number of nitrogens with one attached hydrogen (secondary N) is 1. The number of carbonyl (C=O) groups is 2. The van der Waals surface area contributed by atoms with Gasteiger partial charge in [-0.25, -0.2) is 4.79 Å². The van der Waals surface area contributed by atoms with Crippen molar-refractivity contribution in [3.8, 4) is 0 Å². The fourth-order valence-electron chi connectivity index (χ4n) is 3.97. The molecule has 2 atom stereocenters. The Morgan fingerprint density at radius 1 is 1.07 bits per heavy atom. The van der Waals surface area contributed by atoms with E-state index in [-0.39, 0.29) is 18.1 Å². The van der Waals surface area contributed by atoms with E-state index in [4.69, 9.17) is 4.74 Å². The second kappa shape index (κ2) is 8.29. The molecule has 148 valence electrons. The molecule has 0 aliphatic carbocycles. The Kier molecular flexibility index (Phi) is 6.04. The van der Waals surface area contributed by atoms with E-state index < -0.39 is 23.7 Å². The molecule has 27 heavy (non-hydrogen) atoms. The largest absolute Gasteiger partial charge is 0.449 e. The van der Waals surface area contributed by atoms with Crippen LogP contribution < -0.4 is 5.32 Å². The summed E-state index contributed by atoms with van der Waals surface area (Å²) in [5, 5.41) is 2.07. The number of fused-ring (bicyclic) bond motifs is 1. The Hall–Kier alpha value is -2.09. The van der Waals surface area contributed by atoms with Crippen molar-refractivity contribution in [2.45, 2.75) is 44.3 Å². The van der Waals surface area contributed by atoms with Crippen molar-refractivity contribution < 1.29 is 27.5 Å². The van der Waals surface area contributed by atoms with Gasteiger partial charge in [-0.1, -0.05) is 6.42 Å². The molecule has 0 bridgehead atoms. The summed E-state index contributed by atoms with van der Waals surface area (Å²) < 4.78 is 42.9. The lowest BCUT2D eigenvalue weighted by Crippen LogP contribution is -2.49. The molecule has 8 heteroatoms. The molecule has 2 aliphatic rings. The van der Waals surface area contributed by atoms with Crippen LogP contribution in [-0.4, -0.2) is 42.6 Å². The van der Waals surface area contributed by atoms with Gasteiger partial charge in [-0.3, -0.25) is 15.0 Å². The molecule has 0 saturated carbocycles. The molecule has 0 radical (unpaired) electrons. The highest BCUT2D eigenvalue weighted by Gasteiger charge is 2.34. The van der Waals surface area contributed by atoms with Gasteiger partial charge in [0.25, 0.3) is 5.91 Å². The second-order valence-corrected chi connectivity index (χ2v) is 7.13. The molecule has 2 fully saturated rings. The Morgan fingerprint density at radius 3 is 2.48 bits per heavy atom. The number of piperidine rings is 2. The zero-order chi connectivity index (χ0) is 19.4. The predicted octanol–water partition coefficient (Wildman–Crippen LogP) is 3.84. The SMILES string of the molecule is O=C(NC(=O)c1ccc(C(F)(F)F)cc1)OC[C@H]1CCCN2CCCC[C@@H]12. The van der Waals surface area contributed by atoms with Crippen LogP contribution in [0.5, 0.6) is 0 Å². The molecule has 0 spiro atoms. The number of alkyl halides is 3. The van der Waals surface area contributed by atoms with E-state index in [1.807, 2.05) is 0 Å². The van der Waals surface area contributed by atoms with Gasteiger partial charge in [-0.2, -0.15) is 13.2 Å². The lowest BCUT2D eigenvalue weighted by atomic mass is 9.84. The molecule has 2 amide bonds. The highest BCUT2D eigenvalue weighted by molar-refractivity contribution is 6.02. The zero-order valence-electron chi connectivity index (χ0n) is 14.9. The average Bonchev–Trinajstić information content (AvgIpc) is 2.65. The number of rotatable bonds is 3. The van der Waals surface area contributed by atoms with Crippen molar-refractivity contribution in [1.29, 1.82) is 0 Å². The monoisotopic (exact) mass is 384 g/mol. The number of amides is 2. The number of halogens is 3. The first-order chi connectivity index (χ1) is 12.8. The predicted molar refractivity (Wildman–Crippen MR) is 92.2 cm³/mol. The van der Waals surface area contributed by atoms with Gasteiger partial charge in [-0.15, -0.1) is 0 Å². The van der Waals surface area contributed by atoms with Gasteiger partial charge in [0, 0.05) is 17.5 Å². The van der Waals surface area contributed by atoms with Crippen LogP contribution in [-0.2, 0) is 10.9 Å². The van der Waals surface area contributed by atoms with Gasteiger partial charge in [-0.05, 0) is 63.0 Å². The number of alkyl carbamates (subject to hydrolysis) is 1. The normalized spacial score (nSPS) is 23.4. The number of nitrogens with zero attached hydrogens (tertiary/aromatic N) is 1. The molecule has 1 N–H and O–H groups in total. The van der Waals surface area contributed by atoms with E-state index in [1.54, 1.807) is 0 Å². The van der Waals surface area contributed by atoms with Crippen molar-refractivity contribution in [2.75, 3.05) is 19.7 Å². The first kappa shape index (κ1) is 19.7. The lowest BCUT2D eigenvalue weighted by Gasteiger charge is -2.44. The lowest BCUT2D eigenvalue weighted by molar-refractivity contribution is -0.137.